The van der Waals surface area contributed by atoms with Crippen molar-refractivity contribution in [3.8, 4) is 11.5 Å². The van der Waals surface area contributed by atoms with Crippen LogP contribution >= 0.6 is 0 Å². The van der Waals surface area contributed by atoms with Gasteiger partial charge in [0.25, 0.3) is 5.56 Å². The molecular weight excluding hydrogens is 322 g/mol. The first-order valence-corrected chi connectivity index (χ1v) is 8.14. The monoisotopic (exact) mass is 343 g/mol. The minimum Gasteiger partial charge on any atom is -0.497 e. The number of carbonyl (C=O) groups excluding carboxylic acids is 1. The smallest absolute Gasteiger partial charge is 0.257 e. The molecule has 1 aliphatic carbocycles. The van der Waals surface area contributed by atoms with Crippen molar-refractivity contribution in [2.45, 2.75) is 32.7 Å². The van der Waals surface area contributed by atoms with Crippen LogP contribution in [0.1, 0.15) is 23.5 Å². The molecule has 1 aliphatic rings. The van der Waals surface area contributed by atoms with Gasteiger partial charge in [-0.25, -0.2) is 4.98 Å². The number of nitrogens with one attached hydrogen (secondary N) is 1. The van der Waals surface area contributed by atoms with Crippen LogP contribution in [0.4, 0.5) is 5.69 Å². The fourth-order valence-electron chi connectivity index (χ4n) is 3.07. The number of hydrogen-bond donors (Lipinski definition) is 1. The van der Waals surface area contributed by atoms with E-state index in [2.05, 4.69) is 10.3 Å². The fraction of sp³-hybridized carbons (Fsp3) is 0.389. The van der Waals surface area contributed by atoms with Crippen LogP contribution in [0, 0.1) is 6.92 Å². The molecular formula is C18H21N3O4. The van der Waals surface area contributed by atoms with Crippen LogP contribution in [0.3, 0.4) is 0 Å². The number of fused-ring (bicyclic) bond motifs is 1. The topological polar surface area (TPSA) is 82.5 Å². The van der Waals surface area contributed by atoms with E-state index in [-0.39, 0.29) is 18.0 Å². The molecule has 0 atom stereocenters. The normalized spacial score (nSPS) is 12.6. The number of nitrogens with zero attached hydrogens (tertiary/aromatic N) is 2. The molecule has 7 nitrogen and oxygen atoms in total. The van der Waals surface area contributed by atoms with Gasteiger partial charge in [0, 0.05) is 11.6 Å². The van der Waals surface area contributed by atoms with Gasteiger partial charge < -0.3 is 14.8 Å². The molecule has 7 heteroatoms. The number of anilines is 1. The van der Waals surface area contributed by atoms with E-state index in [0.717, 1.165) is 30.5 Å². The summed E-state index contributed by atoms with van der Waals surface area (Å²) in [5.74, 6) is 1.37. The molecule has 1 aromatic heterocycles. The molecule has 0 bridgehead atoms. The van der Waals surface area contributed by atoms with E-state index in [1.807, 2.05) is 0 Å². The average Bonchev–Trinajstić information content (AvgIpc) is 3.07. The SMILES string of the molecule is COc1ccc(NC(=O)Cn2c(C)nc3c(c2=O)CCC3)c(OC)c1. The van der Waals surface area contributed by atoms with Crippen LogP contribution in [0.15, 0.2) is 23.0 Å². The Morgan fingerprint density at radius 1 is 1.28 bits per heavy atom. The molecule has 0 spiro atoms. The van der Waals surface area contributed by atoms with Crippen molar-refractivity contribution >= 4 is 11.6 Å². The number of ether oxygens (including phenoxy) is 2. The molecule has 2 aromatic rings. The first-order valence-electron chi connectivity index (χ1n) is 8.14. The Hall–Kier alpha value is -2.83. The Labute approximate surface area is 145 Å². The van der Waals surface area contributed by atoms with Gasteiger partial charge >= 0.3 is 0 Å². The summed E-state index contributed by atoms with van der Waals surface area (Å²) in [5.41, 5.74) is 2.02. The molecule has 0 unspecified atom stereocenters. The molecule has 1 amide bonds. The van der Waals surface area contributed by atoms with Gasteiger partial charge in [-0.3, -0.25) is 14.2 Å². The number of aryl methyl sites for hydroxylation is 2. The highest BCUT2D eigenvalue weighted by molar-refractivity contribution is 5.92. The van der Waals surface area contributed by atoms with E-state index in [9.17, 15) is 9.59 Å². The van der Waals surface area contributed by atoms with E-state index in [4.69, 9.17) is 9.47 Å². The summed E-state index contributed by atoms with van der Waals surface area (Å²) in [7, 11) is 3.08. The third-order valence-corrected chi connectivity index (χ3v) is 4.36. The second-order valence-corrected chi connectivity index (χ2v) is 5.94. The van der Waals surface area contributed by atoms with Crippen LogP contribution in [-0.4, -0.2) is 29.7 Å². The van der Waals surface area contributed by atoms with Gasteiger partial charge in [-0.2, -0.15) is 0 Å². The van der Waals surface area contributed by atoms with Crippen molar-refractivity contribution in [2.75, 3.05) is 19.5 Å². The summed E-state index contributed by atoms with van der Waals surface area (Å²) in [6.07, 6.45) is 2.51. The molecule has 132 valence electrons. The van der Waals surface area contributed by atoms with Crippen molar-refractivity contribution in [1.29, 1.82) is 0 Å². The number of benzene rings is 1. The Morgan fingerprint density at radius 2 is 2.08 bits per heavy atom. The summed E-state index contributed by atoms with van der Waals surface area (Å²) in [6, 6.07) is 5.11. The number of amides is 1. The van der Waals surface area contributed by atoms with Gasteiger partial charge in [-0.1, -0.05) is 0 Å². The van der Waals surface area contributed by atoms with E-state index in [0.29, 0.717) is 23.0 Å². The lowest BCUT2D eigenvalue weighted by Gasteiger charge is -2.14. The average molecular weight is 343 g/mol. The van der Waals surface area contributed by atoms with Crippen molar-refractivity contribution < 1.29 is 14.3 Å². The molecule has 1 heterocycles. The lowest BCUT2D eigenvalue weighted by Crippen LogP contribution is -2.32. The highest BCUT2D eigenvalue weighted by Gasteiger charge is 2.20. The molecule has 0 saturated heterocycles. The second-order valence-electron chi connectivity index (χ2n) is 5.94. The van der Waals surface area contributed by atoms with Crippen LogP contribution in [0.25, 0.3) is 0 Å². The highest BCUT2D eigenvalue weighted by atomic mass is 16.5. The van der Waals surface area contributed by atoms with Gasteiger partial charge in [0.1, 0.15) is 23.9 Å². The van der Waals surface area contributed by atoms with Crippen molar-refractivity contribution in [3.05, 3.63) is 45.6 Å². The van der Waals surface area contributed by atoms with Crippen molar-refractivity contribution in [2.24, 2.45) is 0 Å². The molecule has 0 aliphatic heterocycles. The zero-order valence-corrected chi connectivity index (χ0v) is 14.6. The largest absolute Gasteiger partial charge is 0.497 e. The summed E-state index contributed by atoms with van der Waals surface area (Å²) in [4.78, 5) is 29.5. The Kier molecular flexibility index (Phi) is 4.74. The first kappa shape index (κ1) is 17.0. The maximum Gasteiger partial charge on any atom is 0.257 e. The number of carbonyl (C=O) groups is 1. The number of rotatable bonds is 5. The minimum absolute atomic E-state index is 0.0832. The summed E-state index contributed by atoms with van der Waals surface area (Å²) < 4.78 is 11.8. The molecule has 0 saturated carbocycles. The number of aromatic nitrogens is 2. The Bertz CT molecular complexity index is 873. The predicted molar refractivity (Wildman–Crippen MR) is 93.4 cm³/mol. The van der Waals surface area contributed by atoms with Gasteiger partial charge in [0.05, 0.1) is 25.6 Å². The second kappa shape index (κ2) is 6.96. The fourth-order valence-corrected chi connectivity index (χ4v) is 3.07. The van der Waals surface area contributed by atoms with Crippen LogP contribution in [0.2, 0.25) is 0 Å². The summed E-state index contributed by atoms with van der Waals surface area (Å²) in [5, 5.41) is 2.78. The van der Waals surface area contributed by atoms with E-state index >= 15 is 0 Å². The predicted octanol–water partition coefficient (Wildman–Crippen LogP) is 1.70. The van der Waals surface area contributed by atoms with Crippen LogP contribution in [0.5, 0.6) is 11.5 Å². The Balaban J connectivity index is 1.81. The van der Waals surface area contributed by atoms with E-state index in [1.54, 1.807) is 32.2 Å². The van der Waals surface area contributed by atoms with E-state index < -0.39 is 0 Å². The lowest BCUT2D eigenvalue weighted by atomic mass is 10.2. The van der Waals surface area contributed by atoms with Gasteiger partial charge in [0.15, 0.2) is 0 Å². The Morgan fingerprint density at radius 3 is 2.80 bits per heavy atom. The lowest BCUT2D eigenvalue weighted by molar-refractivity contribution is -0.116. The minimum atomic E-state index is -0.312. The van der Waals surface area contributed by atoms with Gasteiger partial charge in [-0.05, 0) is 38.3 Å². The first-order chi connectivity index (χ1) is 12.0. The quantitative estimate of drug-likeness (QED) is 0.893. The third-order valence-electron chi connectivity index (χ3n) is 4.36. The third kappa shape index (κ3) is 3.35. The van der Waals surface area contributed by atoms with E-state index in [1.165, 1.54) is 11.7 Å². The van der Waals surface area contributed by atoms with Crippen molar-refractivity contribution in [3.63, 3.8) is 0 Å². The van der Waals surface area contributed by atoms with Crippen LogP contribution < -0.4 is 20.3 Å². The summed E-state index contributed by atoms with van der Waals surface area (Å²) in [6.45, 7) is 1.67. The molecule has 25 heavy (non-hydrogen) atoms. The number of hydrogen-bond acceptors (Lipinski definition) is 5. The maximum atomic E-state index is 12.6. The highest BCUT2D eigenvalue weighted by Crippen LogP contribution is 2.29. The molecule has 1 N–H and O–H groups in total. The maximum absolute atomic E-state index is 12.6. The molecule has 0 radical (unpaired) electrons. The zero-order chi connectivity index (χ0) is 18.0. The van der Waals surface area contributed by atoms with Gasteiger partial charge in [-0.15, -0.1) is 0 Å². The van der Waals surface area contributed by atoms with Gasteiger partial charge in [0.2, 0.25) is 5.91 Å². The zero-order valence-electron chi connectivity index (χ0n) is 14.6. The van der Waals surface area contributed by atoms with Crippen molar-refractivity contribution in [1.82, 2.24) is 9.55 Å². The summed E-state index contributed by atoms with van der Waals surface area (Å²) >= 11 is 0. The van der Waals surface area contributed by atoms with Crippen LogP contribution in [-0.2, 0) is 24.2 Å². The molecule has 1 aromatic carbocycles. The number of methoxy groups -OCH3 is 2. The molecule has 0 fully saturated rings. The molecule has 3 rings (SSSR count). The standard InChI is InChI=1S/C18H21N3O4/c1-11-19-14-6-4-5-13(14)18(23)21(11)10-17(22)20-15-8-7-12(24-2)9-16(15)25-3/h7-9H,4-6,10H2,1-3H3,(H,20,22).